The van der Waals surface area contributed by atoms with E-state index in [-0.39, 0.29) is 36.7 Å². The lowest BCUT2D eigenvalue weighted by atomic mass is 9.99. The molecule has 2 atom stereocenters. The van der Waals surface area contributed by atoms with Crippen LogP contribution < -0.4 is 11.1 Å². The summed E-state index contributed by atoms with van der Waals surface area (Å²) in [6.45, 7) is 10.2. The van der Waals surface area contributed by atoms with E-state index in [9.17, 15) is 9.59 Å². The second-order valence-corrected chi connectivity index (χ2v) is 6.08. The van der Waals surface area contributed by atoms with Gasteiger partial charge >= 0.3 is 0 Å². The summed E-state index contributed by atoms with van der Waals surface area (Å²) in [5, 5.41) is 2.91. The van der Waals surface area contributed by atoms with Crippen LogP contribution in [0.15, 0.2) is 18.2 Å². The van der Waals surface area contributed by atoms with Gasteiger partial charge in [0.2, 0.25) is 11.8 Å². The standard InChI is InChI=1S/C18H29N3O2.ClH/c1-6-12(3)16(19)18(23)21(7-2)11-15(22)20-17-13(4)9-8-10-14(17)5;/h8-10,12,16H,6-7,11,19H2,1-5H3,(H,20,22);1H. The van der Waals surface area contributed by atoms with Crippen molar-refractivity contribution in [2.45, 2.75) is 47.1 Å². The molecule has 0 saturated carbocycles. The Bertz CT molecular complexity index is 543. The highest BCUT2D eigenvalue weighted by Gasteiger charge is 2.25. The molecule has 0 saturated heterocycles. The molecule has 6 heteroatoms. The molecule has 0 aliphatic rings. The highest BCUT2D eigenvalue weighted by molar-refractivity contribution is 5.96. The number of hydrogen-bond donors (Lipinski definition) is 2. The second kappa shape index (κ2) is 10.3. The van der Waals surface area contributed by atoms with Gasteiger partial charge in [-0.15, -0.1) is 12.4 Å². The topological polar surface area (TPSA) is 75.4 Å². The third-order valence-corrected chi connectivity index (χ3v) is 4.32. The number of carbonyl (C=O) groups is 2. The molecule has 0 aromatic heterocycles. The number of benzene rings is 1. The molecule has 0 bridgehead atoms. The van der Waals surface area contributed by atoms with Crippen LogP contribution in [0.4, 0.5) is 5.69 Å². The summed E-state index contributed by atoms with van der Waals surface area (Å²) in [7, 11) is 0. The number of carbonyl (C=O) groups excluding carboxylic acids is 2. The number of amides is 2. The van der Waals surface area contributed by atoms with Crippen LogP contribution in [0.1, 0.15) is 38.3 Å². The smallest absolute Gasteiger partial charge is 0.244 e. The molecule has 3 N–H and O–H groups in total. The van der Waals surface area contributed by atoms with Gasteiger partial charge < -0.3 is 16.0 Å². The van der Waals surface area contributed by atoms with Crippen molar-refractivity contribution in [1.29, 1.82) is 0 Å². The van der Waals surface area contributed by atoms with Crippen molar-refractivity contribution < 1.29 is 9.59 Å². The molecule has 5 nitrogen and oxygen atoms in total. The molecule has 2 unspecified atom stereocenters. The minimum atomic E-state index is -0.562. The number of nitrogens with zero attached hydrogens (tertiary/aromatic N) is 1. The second-order valence-electron chi connectivity index (χ2n) is 6.08. The Morgan fingerprint density at radius 2 is 1.75 bits per heavy atom. The fourth-order valence-electron chi connectivity index (χ4n) is 2.42. The van der Waals surface area contributed by atoms with Crippen LogP contribution in [0.2, 0.25) is 0 Å². The summed E-state index contributed by atoms with van der Waals surface area (Å²) in [6.07, 6.45) is 0.832. The lowest BCUT2D eigenvalue weighted by Gasteiger charge is -2.26. The Morgan fingerprint density at radius 3 is 2.21 bits per heavy atom. The van der Waals surface area contributed by atoms with Crippen molar-refractivity contribution in [3.05, 3.63) is 29.3 Å². The van der Waals surface area contributed by atoms with Crippen LogP contribution >= 0.6 is 12.4 Å². The molecule has 24 heavy (non-hydrogen) atoms. The predicted octanol–water partition coefficient (Wildman–Crippen LogP) is 2.89. The van der Waals surface area contributed by atoms with E-state index in [4.69, 9.17) is 5.73 Å². The lowest BCUT2D eigenvalue weighted by molar-refractivity contribution is -0.136. The van der Waals surface area contributed by atoms with Crippen LogP contribution in [0, 0.1) is 19.8 Å². The van der Waals surface area contributed by atoms with Crippen molar-refractivity contribution in [1.82, 2.24) is 4.90 Å². The first kappa shape index (κ1) is 22.4. The minimum Gasteiger partial charge on any atom is -0.332 e. The van der Waals surface area contributed by atoms with E-state index in [0.717, 1.165) is 23.2 Å². The maximum Gasteiger partial charge on any atom is 0.244 e. The SMILES string of the molecule is CCC(C)C(N)C(=O)N(CC)CC(=O)Nc1c(C)cccc1C.Cl. The van der Waals surface area contributed by atoms with Crippen LogP contribution in [0.25, 0.3) is 0 Å². The number of rotatable bonds is 7. The Balaban J connectivity index is 0.00000529. The third kappa shape index (κ3) is 5.80. The fraction of sp³-hybridized carbons (Fsp3) is 0.556. The van der Waals surface area contributed by atoms with E-state index < -0.39 is 6.04 Å². The van der Waals surface area contributed by atoms with Gasteiger partial charge in [-0.25, -0.2) is 0 Å². The summed E-state index contributed by atoms with van der Waals surface area (Å²) in [5.74, 6) is -0.273. The average molecular weight is 356 g/mol. The lowest BCUT2D eigenvalue weighted by Crippen LogP contribution is -2.49. The maximum atomic E-state index is 12.4. The van der Waals surface area contributed by atoms with Gasteiger partial charge in [0.15, 0.2) is 0 Å². The number of anilines is 1. The minimum absolute atomic E-state index is 0. The Hall–Kier alpha value is -1.59. The van der Waals surface area contributed by atoms with Gasteiger partial charge in [0.25, 0.3) is 0 Å². The van der Waals surface area contributed by atoms with Crippen LogP contribution in [-0.4, -0.2) is 35.8 Å². The molecule has 0 aliphatic heterocycles. The van der Waals surface area contributed by atoms with E-state index in [1.807, 2.05) is 52.8 Å². The number of nitrogens with two attached hydrogens (primary N) is 1. The first-order valence-corrected chi connectivity index (χ1v) is 8.22. The van der Waals surface area contributed by atoms with Gasteiger partial charge in [0.05, 0.1) is 12.6 Å². The number of halogens is 1. The van der Waals surface area contributed by atoms with Crippen LogP contribution in [0.3, 0.4) is 0 Å². The normalized spacial score (nSPS) is 12.8. The zero-order valence-electron chi connectivity index (χ0n) is 15.3. The molecule has 0 radical (unpaired) electrons. The van der Waals surface area contributed by atoms with Crippen molar-refractivity contribution in [2.24, 2.45) is 11.7 Å². The van der Waals surface area contributed by atoms with E-state index in [1.54, 1.807) is 0 Å². The number of likely N-dealkylation sites (N-methyl/N-ethyl adjacent to an activating group) is 1. The summed E-state index contributed by atoms with van der Waals surface area (Å²) in [6, 6.07) is 5.29. The average Bonchev–Trinajstić information content (AvgIpc) is 2.54. The number of para-hydroxylation sites is 1. The molecule has 1 aromatic rings. The van der Waals surface area contributed by atoms with Gasteiger partial charge in [0, 0.05) is 12.2 Å². The van der Waals surface area contributed by atoms with E-state index in [2.05, 4.69) is 5.32 Å². The number of aryl methyl sites for hydroxylation is 2. The van der Waals surface area contributed by atoms with E-state index in [1.165, 1.54) is 4.90 Å². The van der Waals surface area contributed by atoms with Crippen molar-refractivity contribution in [2.75, 3.05) is 18.4 Å². The summed E-state index contributed by atoms with van der Waals surface area (Å²) in [4.78, 5) is 26.2. The largest absolute Gasteiger partial charge is 0.332 e. The van der Waals surface area contributed by atoms with Gasteiger partial charge in [0.1, 0.15) is 0 Å². The van der Waals surface area contributed by atoms with Crippen molar-refractivity contribution in [3.8, 4) is 0 Å². The van der Waals surface area contributed by atoms with E-state index >= 15 is 0 Å². The van der Waals surface area contributed by atoms with Gasteiger partial charge in [-0.1, -0.05) is 38.5 Å². The summed E-state index contributed by atoms with van der Waals surface area (Å²) < 4.78 is 0. The molecule has 0 spiro atoms. The molecule has 136 valence electrons. The first-order valence-electron chi connectivity index (χ1n) is 8.22. The molecular weight excluding hydrogens is 326 g/mol. The summed E-state index contributed by atoms with van der Waals surface area (Å²) in [5.41, 5.74) is 8.82. The van der Waals surface area contributed by atoms with Gasteiger partial charge in [-0.2, -0.15) is 0 Å². The molecule has 1 rings (SSSR count). The zero-order chi connectivity index (χ0) is 17.6. The molecule has 0 heterocycles. The van der Waals surface area contributed by atoms with Crippen LogP contribution in [0.5, 0.6) is 0 Å². The number of nitrogens with one attached hydrogen (secondary N) is 1. The molecule has 1 aromatic carbocycles. The Morgan fingerprint density at radius 1 is 1.21 bits per heavy atom. The quantitative estimate of drug-likeness (QED) is 0.789. The first-order chi connectivity index (χ1) is 10.8. The third-order valence-electron chi connectivity index (χ3n) is 4.32. The maximum absolute atomic E-state index is 12.4. The van der Waals surface area contributed by atoms with Gasteiger partial charge in [-0.3, -0.25) is 9.59 Å². The highest BCUT2D eigenvalue weighted by Crippen LogP contribution is 2.19. The molecule has 0 fully saturated rings. The Kier molecular flexibility index (Phi) is 9.63. The summed E-state index contributed by atoms with van der Waals surface area (Å²) >= 11 is 0. The van der Waals surface area contributed by atoms with Crippen molar-refractivity contribution in [3.63, 3.8) is 0 Å². The fourth-order valence-corrected chi connectivity index (χ4v) is 2.42. The molecule has 0 aliphatic carbocycles. The van der Waals surface area contributed by atoms with Crippen molar-refractivity contribution >= 4 is 29.9 Å². The Labute approximate surface area is 151 Å². The van der Waals surface area contributed by atoms with Crippen LogP contribution in [-0.2, 0) is 9.59 Å². The molecular formula is C18H30ClN3O2. The highest BCUT2D eigenvalue weighted by atomic mass is 35.5. The monoisotopic (exact) mass is 355 g/mol. The van der Waals surface area contributed by atoms with Gasteiger partial charge in [-0.05, 0) is 37.8 Å². The molecule has 2 amide bonds. The zero-order valence-corrected chi connectivity index (χ0v) is 16.1. The van der Waals surface area contributed by atoms with E-state index in [0.29, 0.717) is 6.54 Å². The number of hydrogen-bond acceptors (Lipinski definition) is 3. The predicted molar refractivity (Wildman–Crippen MR) is 101 cm³/mol.